The zero-order chi connectivity index (χ0) is 10.9. The fraction of sp³-hybridized carbons (Fsp3) is 0.400. The summed E-state index contributed by atoms with van der Waals surface area (Å²) >= 11 is 4.87. The van der Waals surface area contributed by atoms with E-state index < -0.39 is 5.97 Å². The predicted octanol–water partition coefficient (Wildman–Crippen LogP) is 1.86. The highest BCUT2D eigenvalue weighted by Gasteiger charge is 2.26. The zero-order valence-electron chi connectivity index (χ0n) is 8.42. The summed E-state index contributed by atoms with van der Waals surface area (Å²) in [5.74, 6) is -1.02. The maximum absolute atomic E-state index is 11.0. The summed E-state index contributed by atoms with van der Waals surface area (Å²) in [4.78, 5) is 11.0. The Hall–Kier alpha value is -1.16. The van der Waals surface area contributed by atoms with Gasteiger partial charge in [-0.15, -0.1) is 0 Å². The molecule has 14 heavy (non-hydrogen) atoms. The average Bonchev–Trinajstić information content (AvgIpc) is 2.02. The minimum Gasteiger partial charge on any atom is -0.478 e. The van der Waals surface area contributed by atoms with Crippen LogP contribution in [0.1, 0.15) is 20.8 Å². The van der Waals surface area contributed by atoms with E-state index in [0.29, 0.717) is 11.3 Å². The number of nitrogens with one attached hydrogen (secondary N) is 1. The number of thiocarbonyl (C=S) groups is 1. The Kier molecular flexibility index (Phi) is 3.06. The van der Waals surface area contributed by atoms with Crippen LogP contribution in [0.3, 0.4) is 0 Å². The van der Waals surface area contributed by atoms with E-state index in [1.165, 1.54) is 0 Å². The van der Waals surface area contributed by atoms with Gasteiger partial charge in [-0.3, -0.25) is 0 Å². The Balaban J connectivity index is 3.17. The summed E-state index contributed by atoms with van der Waals surface area (Å²) in [5, 5.41) is 13.6. The Labute approximate surface area is 88.5 Å². The molecule has 1 rings (SSSR count). The van der Waals surface area contributed by atoms with Gasteiger partial charge in [-0.05, 0) is 19.4 Å². The number of carbonyl (C=O) groups is 1. The monoisotopic (exact) mass is 211 g/mol. The van der Waals surface area contributed by atoms with Gasteiger partial charge in [0.15, 0.2) is 0 Å². The standard InChI is InChI=1S/C10H13NO2S/c1-5-8(4-14)6(2)11-7(3)9(5)10(12)13/h4-5,11H,1-3H3,(H,12,13). The topological polar surface area (TPSA) is 49.3 Å². The summed E-state index contributed by atoms with van der Waals surface area (Å²) in [7, 11) is 0. The van der Waals surface area contributed by atoms with Gasteiger partial charge in [0.25, 0.3) is 0 Å². The first-order valence-electron chi connectivity index (χ1n) is 4.36. The van der Waals surface area contributed by atoms with Crippen LogP contribution in [0.4, 0.5) is 0 Å². The third kappa shape index (κ3) is 1.70. The van der Waals surface area contributed by atoms with Crippen LogP contribution >= 0.6 is 12.2 Å². The molecule has 0 aliphatic carbocycles. The molecule has 0 aromatic rings. The molecule has 0 saturated carbocycles. The van der Waals surface area contributed by atoms with Crippen molar-refractivity contribution in [2.45, 2.75) is 20.8 Å². The first-order valence-corrected chi connectivity index (χ1v) is 4.83. The number of hydrogen-bond donors (Lipinski definition) is 2. The number of carboxylic acid groups (broad SMARTS) is 1. The Morgan fingerprint density at radius 1 is 1.50 bits per heavy atom. The van der Waals surface area contributed by atoms with E-state index in [-0.39, 0.29) is 5.92 Å². The van der Waals surface area contributed by atoms with Crippen LogP contribution in [0.2, 0.25) is 0 Å². The number of hydrogen-bond acceptors (Lipinski definition) is 3. The van der Waals surface area contributed by atoms with Crippen molar-refractivity contribution in [2.24, 2.45) is 5.92 Å². The molecule has 4 heteroatoms. The minimum absolute atomic E-state index is 0.133. The highest BCUT2D eigenvalue weighted by molar-refractivity contribution is 7.79. The Morgan fingerprint density at radius 2 is 2.07 bits per heavy atom. The van der Waals surface area contributed by atoms with E-state index >= 15 is 0 Å². The molecule has 0 aromatic carbocycles. The van der Waals surface area contributed by atoms with E-state index in [9.17, 15) is 4.79 Å². The molecule has 0 fully saturated rings. The SMILES string of the molecule is CC1=C(C=S)C(C)C(C(=O)O)=C(C)N1. The van der Waals surface area contributed by atoms with Gasteiger partial charge < -0.3 is 10.4 Å². The quantitative estimate of drug-likeness (QED) is 0.684. The lowest BCUT2D eigenvalue weighted by atomic mass is 9.88. The molecule has 0 amide bonds. The van der Waals surface area contributed by atoms with Crippen LogP contribution in [-0.4, -0.2) is 16.4 Å². The number of aliphatic carboxylic acids is 1. The van der Waals surface area contributed by atoms with Crippen molar-refractivity contribution in [3.8, 4) is 0 Å². The number of dihydropyridines is 1. The average molecular weight is 211 g/mol. The minimum atomic E-state index is -0.885. The lowest BCUT2D eigenvalue weighted by Gasteiger charge is -2.25. The molecule has 0 spiro atoms. The highest BCUT2D eigenvalue weighted by atomic mass is 32.1. The van der Waals surface area contributed by atoms with E-state index in [2.05, 4.69) is 5.32 Å². The molecule has 0 bridgehead atoms. The predicted molar refractivity (Wildman–Crippen MR) is 59.0 cm³/mol. The van der Waals surface area contributed by atoms with Gasteiger partial charge in [0, 0.05) is 22.7 Å². The highest BCUT2D eigenvalue weighted by Crippen LogP contribution is 2.27. The third-order valence-electron chi connectivity index (χ3n) is 2.47. The first kappa shape index (κ1) is 10.9. The third-order valence-corrected chi connectivity index (χ3v) is 2.72. The van der Waals surface area contributed by atoms with Crippen LogP contribution in [0.5, 0.6) is 0 Å². The molecule has 0 radical (unpaired) electrons. The molecule has 1 atom stereocenters. The molecule has 1 heterocycles. The van der Waals surface area contributed by atoms with Crippen LogP contribution in [-0.2, 0) is 4.79 Å². The second kappa shape index (κ2) is 3.92. The lowest BCUT2D eigenvalue weighted by molar-refractivity contribution is -0.133. The molecule has 0 aromatic heterocycles. The molecule has 1 unspecified atom stereocenters. The van der Waals surface area contributed by atoms with Crippen LogP contribution in [0.25, 0.3) is 0 Å². The molecule has 3 nitrogen and oxygen atoms in total. The number of rotatable bonds is 2. The van der Waals surface area contributed by atoms with Gasteiger partial charge in [0.05, 0.1) is 5.57 Å². The Morgan fingerprint density at radius 3 is 2.50 bits per heavy atom. The van der Waals surface area contributed by atoms with Crippen molar-refractivity contribution in [3.63, 3.8) is 0 Å². The summed E-state index contributed by atoms with van der Waals surface area (Å²) in [6.07, 6.45) is 0. The van der Waals surface area contributed by atoms with Crippen molar-refractivity contribution in [1.29, 1.82) is 0 Å². The van der Waals surface area contributed by atoms with Gasteiger partial charge in [-0.2, -0.15) is 0 Å². The summed E-state index contributed by atoms with van der Waals surface area (Å²) in [5.41, 5.74) is 2.91. The van der Waals surface area contributed by atoms with E-state index in [1.54, 1.807) is 12.3 Å². The second-order valence-electron chi connectivity index (χ2n) is 3.39. The zero-order valence-corrected chi connectivity index (χ0v) is 9.23. The van der Waals surface area contributed by atoms with Gasteiger partial charge in [-0.25, -0.2) is 4.79 Å². The summed E-state index contributed by atoms with van der Waals surface area (Å²) in [6, 6.07) is 0. The molecule has 0 saturated heterocycles. The normalized spacial score (nSPS) is 22.1. The molecule has 76 valence electrons. The summed E-state index contributed by atoms with van der Waals surface area (Å²) < 4.78 is 0. The van der Waals surface area contributed by atoms with Crippen molar-refractivity contribution in [2.75, 3.05) is 0 Å². The van der Waals surface area contributed by atoms with Crippen molar-refractivity contribution in [1.82, 2.24) is 5.32 Å². The number of allylic oxidation sites excluding steroid dienone is 3. The van der Waals surface area contributed by atoms with Gasteiger partial charge in [0.1, 0.15) is 0 Å². The molecular formula is C10H13NO2S. The molecular weight excluding hydrogens is 198 g/mol. The fourth-order valence-corrected chi connectivity index (χ4v) is 2.14. The van der Waals surface area contributed by atoms with Gasteiger partial charge >= 0.3 is 5.97 Å². The molecule has 1 aliphatic heterocycles. The van der Waals surface area contributed by atoms with E-state index in [4.69, 9.17) is 17.3 Å². The molecule has 1 aliphatic rings. The maximum Gasteiger partial charge on any atom is 0.333 e. The van der Waals surface area contributed by atoms with Gasteiger partial charge in [-0.1, -0.05) is 19.1 Å². The lowest BCUT2D eigenvalue weighted by Crippen LogP contribution is -2.27. The second-order valence-corrected chi connectivity index (χ2v) is 3.62. The van der Waals surface area contributed by atoms with Crippen LogP contribution in [0, 0.1) is 5.92 Å². The van der Waals surface area contributed by atoms with E-state index in [1.807, 2.05) is 13.8 Å². The van der Waals surface area contributed by atoms with Crippen LogP contribution < -0.4 is 5.32 Å². The number of carboxylic acids is 1. The van der Waals surface area contributed by atoms with Crippen molar-refractivity contribution in [3.05, 3.63) is 22.5 Å². The first-order chi connectivity index (χ1) is 6.49. The summed E-state index contributed by atoms with van der Waals surface area (Å²) in [6.45, 7) is 5.52. The van der Waals surface area contributed by atoms with E-state index in [0.717, 1.165) is 11.3 Å². The largest absolute Gasteiger partial charge is 0.478 e. The van der Waals surface area contributed by atoms with Crippen molar-refractivity contribution < 1.29 is 9.90 Å². The molecule has 2 N–H and O–H groups in total. The maximum atomic E-state index is 11.0. The van der Waals surface area contributed by atoms with Crippen LogP contribution in [0.15, 0.2) is 22.5 Å². The smallest absolute Gasteiger partial charge is 0.333 e. The Bertz CT molecular complexity index is 355. The fourth-order valence-electron chi connectivity index (χ4n) is 1.76. The van der Waals surface area contributed by atoms with Crippen molar-refractivity contribution >= 4 is 23.6 Å². The van der Waals surface area contributed by atoms with Gasteiger partial charge in [0.2, 0.25) is 0 Å².